The third kappa shape index (κ3) is 2.78. The SMILES string of the molecule is Nc1ccc2c(c1)CCC2NC(=O)c1cc(Br)ccc1F. The number of nitrogens with two attached hydrogens (primary N) is 1. The Hall–Kier alpha value is -1.88. The van der Waals surface area contributed by atoms with Gasteiger partial charge in [0.1, 0.15) is 5.82 Å². The molecule has 0 aromatic heterocycles. The van der Waals surface area contributed by atoms with E-state index in [1.165, 1.54) is 12.1 Å². The van der Waals surface area contributed by atoms with Crippen LogP contribution in [0.25, 0.3) is 0 Å². The van der Waals surface area contributed by atoms with Crippen LogP contribution in [0.4, 0.5) is 10.1 Å². The molecule has 0 heterocycles. The molecule has 0 fully saturated rings. The topological polar surface area (TPSA) is 55.1 Å². The zero-order valence-corrected chi connectivity index (χ0v) is 12.8. The molecule has 0 saturated carbocycles. The largest absolute Gasteiger partial charge is 0.399 e. The van der Waals surface area contributed by atoms with Crippen LogP contribution in [0.5, 0.6) is 0 Å². The number of hydrogen-bond donors (Lipinski definition) is 2. The normalized spacial score (nSPS) is 16.6. The fourth-order valence-electron chi connectivity index (χ4n) is 2.69. The molecule has 5 heteroatoms. The number of carbonyl (C=O) groups is 1. The number of nitrogen functional groups attached to an aromatic ring is 1. The average Bonchev–Trinajstić information content (AvgIpc) is 2.83. The number of fused-ring (bicyclic) bond motifs is 1. The Bertz CT molecular complexity index is 717. The molecule has 3 rings (SSSR count). The maximum atomic E-state index is 13.7. The predicted octanol–water partition coefficient (Wildman–Crippen LogP) is 3.59. The monoisotopic (exact) mass is 348 g/mol. The number of anilines is 1. The lowest BCUT2D eigenvalue weighted by molar-refractivity contribution is 0.0932. The molecule has 0 radical (unpaired) electrons. The molecule has 2 aromatic carbocycles. The minimum atomic E-state index is -0.522. The van der Waals surface area contributed by atoms with Crippen LogP contribution in [0, 0.1) is 5.82 Å². The molecule has 0 aliphatic heterocycles. The van der Waals surface area contributed by atoms with E-state index >= 15 is 0 Å². The van der Waals surface area contributed by atoms with Gasteiger partial charge in [-0.3, -0.25) is 4.79 Å². The van der Waals surface area contributed by atoms with Gasteiger partial charge in [0.15, 0.2) is 0 Å². The summed E-state index contributed by atoms with van der Waals surface area (Å²) < 4.78 is 14.4. The second-order valence-electron chi connectivity index (χ2n) is 5.15. The fourth-order valence-corrected chi connectivity index (χ4v) is 3.06. The van der Waals surface area contributed by atoms with Crippen LogP contribution >= 0.6 is 15.9 Å². The Labute approximate surface area is 130 Å². The van der Waals surface area contributed by atoms with Gasteiger partial charge in [-0.2, -0.15) is 0 Å². The van der Waals surface area contributed by atoms with Gasteiger partial charge in [-0.25, -0.2) is 4.39 Å². The van der Waals surface area contributed by atoms with Crippen molar-refractivity contribution in [2.24, 2.45) is 0 Å². The maximum Gasteiger partial charge on any atom is 0.254 e. The third-order valence-electron chi connectivity index (χ3n) is 3.72. The summed E-state index contributed by atoms with van der Waals surface area (Å²) >= 11 is 3.25. The van der Waals surface area contributed by atoms with Crippen molar-refractivity contribution in [1.82, 2.24) is 5.32 Å². The van der Waals surface area contributed by atoms with Gasteiger partial charge in [0.2, 0.25) is 0 Å². The minimum absolute atomic E-state index is 0.0493. The lowest BCUT2D eigenvalue weighted by Gasteiger charge is -2.15. The van der Waals surface area contributed by atoms with Crippen molar-refractivity contribution < 1.29 is 9.18 Å². The first-order chi connectivity index (χ1) is 10.0. The summed E-state index contributed by atoms with van der Waals surface area (Å²) in [5.74, 6) is -0.922. The van der Waals surface area contributed by atoms with Crippen LogP contribution < -0.4 is 11.1 Å². The number of benzene rings is 2. The molecular weight excluding hydrogens is 335 g/mol. The number of aryl methyl sites for hydroxylation is 1. The summed E-state index contributed by atoms with van der Waals surface area (Å²) in [4.78, 5) is 12.3. The van der Waals surface area contributed by atoms with E-state index in [1.54, 1.807) is 6.07 Å². The maximum absolute atomic E-state index is 13.7. The molecule has 0 bridgehead atoms. The van der Waals surface area contributed by atoms with Crippen molar-refractivity contribution in [2.45, 2.75) is 18.9 Å². The molecule has 1 unspecified atom stereocenters. The van der Waals surface area contributed by atoms with E-state index in [0.717, 1.165) is 29.7 Å². The molecule has 0 spiro atoms. The molecule has 1 aliphatic rings. The van der Waals surface area contributed by atoms with Crippen molar-refractivity contribution in [2.75, 3.05) is 5.73 Å². The van der Waals surface area contributed by atoms with Crippen LogP contribution in [0.1, 0.15) is 33.9 Å². The number of hydrogen-bond acceptors (Lipinski definition) is 2. The first kappa shape index (κ1) is 14.1. The summed E-state index contributed by atoms with van der Waals surface area (Å²) in [5.41, 5.74) is 8.74. The van der Waals surface area contributed by atoms with E-state index < -0.39 is 11.7 Å². The third-order valence-corrected chi connectivity index (χ3v) is 4.22. The molecule has 21 heavy (non-hydrogen) atoms. The van der Waals surface area contributed by atoms with Crippen molar-refractivity contribution in [3.8, 4) is 0 Å². The molecule has 3 nitrogen and oxygen atoms in total. The molecule has 1 atom stereocenters. The highest BCUT2D eigenvalue weighted by Crippen LogP contribution is 2.32. The Kier molecular flexibility index (Phi) is 3.68. The summed E-state index contributed by atoms with van der Waals surface area (Å²) in [5, 5.41) is 2.90. The van der Waals surface area contributed by atoms with Crippen molar-refractivity contribution >= 4 is 27.5 Å². The lowest BCUT2D eigenvalue weighted by atomic mass is 10.1. The molecule has 1 aliphatic carbocycles. The van der Waals surface area contributed by atoms with Crippen molar-refractivity contribution in [3.63, 3.8) is 0 Å². The van der Waals surface area contributed by atoms with Gasteiger partial charge in [0.05, 0.1) is 11.6 Å². The quantitative estimate of drug-likeness (QED) is 0.815. The van der Waals surface area contributed by atoms with Crippen LogP contribution in [0.3, 0.4) is 0 Å². The number of rotatable bonds is 2. The van der Waals surface area contributed by atoms with Gasteiger partial charge in [0.25, 0.3) is 5.91 Å². The Balaban J connectivity index is 1.82. The highest BCUT2D eigenvalue weighted by atomic mass is 79.9. The van der Waals surface area contributed by atoms with Gasteiger partial charge in [-0.05, 0) is 54.3 Å². The smallest absolute Gasteiger partial charge is 0.254 e. The Morgan fingerprint density at radius 1 is 1.29 bits per heavy atom. The first-order valence-electron chi connectivity index (χ1n) is 6.69. The second kappa shape index (κ2) is 5.48. The standard InChI is InChI=1S/C16H14BrFN2O/c17-10-2-5-14(18)13(8-10)16(21)20-15-6-1-9-7-11(19)3-4-12(9)15/h2-5,7-8,15H,1,6,19H2,(H,20,21). The van der Waals surface area contributed by atoms with Gasteiger partial charge in [-0.1, -0.05) is 22.0 Å². The zero-order chi connectivity index (χ0) is 15.0. The van der Waals surface area contributed by atoms with E-state index in [-0.39, 0.29) is 11.6 Å². The first-order valence-corrected chi connectivity index (χ1v) is 7.48. The van der Waals surface area contributed by atoms with E-state index in [9.17, 15) is 9.18 Å². The molecule has 1 amide bonds. The predicted molar refractivity (Wildman–Crippen MR) is 83.5 cm³/mol. The highest BCUT2D eigenvalue weighted by molar-refractivity contribution is 9.10. The minimum Gasteiger partial charge on any atom is -0.399 e. The summed E-state index contributed by atoms with van der Waals surface area (Å²) in [6, 6.07) is 9.93. The number of halogens is 2. The van der Waals surface area contributed by atoms with E-state index in [2.05, 4.69) is 21.2 Å². The summed E-state index contributed by atoms with van der Waals surface area (Å²) in [6.07, 6.45) is 1.67. The van der Waals surface area contributed by atoms with Gasteiger partial charge in [-0.15, -0.1) is 0 Å². The summed E-state index contributed by atoms with van der Waals surface area (Å²) in [6.45, 7) is 0. The molecule has 3 N–H and O–H groups in total. The molecule has 0 saturated heterocycles. The molecular formula is C16H14BrFN2O. The van der Waals surface area contributed by atoms with E-state index in [0.29, 0.717) is 4.47 Å². The van der Waals surface area contributed by atoms with Gasteiger partial charge < -0.3 is 11.1 Å². The Morgan fingerprint density at radius 2 is 2.10 bits per heavy atom. The van der Waals surface area contributed by atoms with Crippen LogP contribution in [0.15, 0.2) is 40.9 Å². The number of nitrogens with one attached hydrogen (secondary N) is 1. The molecule has 2 aromatic rings. The Morgan fingerprint density at radius 3 is 2.90 bits per heavy atom. The van der Waals surface area contributed by atoms with Crippen LogP contribution in [0.2, 0.25) is 0 Å². The van der Waals surface area contributed by atoms with Crippen molar-refractivity contribution in [1.29, 1.82) is 0 Å². The lowest BCUT2D eigenvalue weighted by Crippen LogP contribution is -2.27. The van der Waals surface area contributed by atoms with Gasteiger partial charge >= 0.3 is 0 Å². The number of amides is 1. The summed E-state index contributed by atoms with van der Waals surface area (Å²) in [7, 11) is 0. The van der Waals surface area contributed by atoms with Crippen LogP contribution in [-0.2, 0) is 6.42 Å². The molecule has 108 valence electrons. The fraction of sp³-hybridized carbons (Fsp3) is 0.188. The van der Waals surface area contributed by atoms with Crippen molar-refractivity contribution in [3.05, 3.63) is 63.4 Å². The highest BCUT2D eigenvalue weighted by Gasteiger charge is 2.25. The average molecular weight is 349 g/mol. The van der Waals surface area contributed by atoms with Crippen LogP contribution in [-0.4, -0.2) is 5.91 Å². The number of carbonyl (C=O) groups excluding carboxylic acids is 1. The van der Waals surface area contributed by atoms with Gasteiger partial charge in [0, 0.05) is 10.2 Å². The second-order valence-corrected chi connectivity index (χ2v) is 6.06. The zero-order valence-electron chi connectivity index (χ0n) is 11.2. The van der Waals surface area contributed by atoms with E-state index in [4.69, 9.17) is 5.73 Å². The van der Waals surface area contributed by atoms with E-state index in [1.807, 2.05) is 18.2 Å².